The summed E-state index contributed by atoms with van der Waals surface area (Å²) in [5, 5.41) is 1.41. The molecule has 0 saturated heterocycles. The molecule has 0 bridgehead atoms. The van der Waals surface area contributed by atoms with Crippen molar-refractivity contribution in [3.05, 3.63) is 35.5 Å². The highest BCUT2D eigenvalue weighted by molar-refractivity contribution is 5.86. The van der Waals surface area contributed by atoms with Gasteiger partial charge in [-0.15, -0.1) is 24.8 Å². The number of fused-ring (bicyclic) bond motifs is 3. The molecule has 0 amide bonds. The van der Waals surface area contributed by atoms with Crippen LogP contribution in [0, 0.1) is 0 Å². The van der Waals surface area contributed by atoms with E-state index in [9.17, 15) is 0 Å². The van der Waals surface area contributed by atoms with Crippen molar-refractivity contribution in [1.82, 2.24) is 9.47 Å². The second-order valence-corrected chi connectivity index (χ2v) is 4.87. The molecule has 0 aliphatic carbocycles. The zero-order chi connectivity index (χ0) is 11.8. The average molecular weight is 302 g/mol. The molecule has 19 heavy (non-hydrogen) atoms. The van der Waals surface area contributed by atoms with Gasteiger partial charge in [-0.3, -0.25) is 0 Å². The Labute approximate surface area is 126 Å². The van der Waals surface area contributed by atoms with Crippen molar-refractivity contribution in [2.45, 2.75) is 19.5 Å². The summed E-state index contributed by atoms with van der Waals surface area (Å²) in [5.74, 6) is 0. The van der Waals surface area contributed by atoms with Crippen LogP contribution < -0.4 is 5.73 Å². The number of para-hydroxylation sites is 1. The van der Waals surface area contributed by atoms with E-state index in [1.54, 1.807) is 0 Å². The van der Waals surface area contributed by atoms with E-state index in [-0.39, 0.29) is 24.8 Å². The van der Waals surface area contributed by atoms with Crippen LogP contribution in [0.5, 0.6) is 0 Å². The van der Waals surface area contributed by atoms with Crippen molar-refractivity contribution in [2.24, 2.45) is 5.73 Å². The van der Waals surface area contributed by atoms with E-state index in [1.165, 1.54) is 22.2 Å². The molecular weight excluding hydrogens is 281 g/mol. The van der Waals surface area contributed by atoms with E-state index in [1.807, 2.05) is 0 Å². The summed E-state index contributed by atoms with van der Waals surface area (Å²) in [5.41, 5.74) is 10.1. The summed E-state index contributed by atoms with van der Waals surface area (Å²) in [7, 11) is 2.19. The Kier molecular flexibility index (Phi) is 5.68. The summed E-state index contributed by atoms with van der Waals surface area (Å²) in [6.07, 6.45) is 1.14. The molecule has 1 aliphatic rings. The van der Waals surface area contributed by atoms with Gasteiger partial charge in [0.15, 0.2) is 0 Å². The maximum Gasteiger partial charge on any atom is 0.0486 e. The topological polar surface area (TPSA) is 34.2 Å². The van der Waals surface area contributed by atoms with Crippen LogP contribution in [0.4, 0.5) is 0 Å². The highest BCUT2D eigenvalue weighted by Crippen LogP contribution is 2.30. The van der Waals surface area contributed by atoms with Crippen LogP contribution in [0.3, 0.4) is 0 Å². The largest absolute Gasteiger partial charge is 0.343 e. The van der Waals surface area contributed by atoms with Crippen LogP contribution in [0.15, 0.2) is 24.3 Å². The molecule has 5 heteroatoms. The molecule has 3 rings (SSSR count). The number of halogens is 2. The Hall–Kier alpha value is -0.740. The first-order chi connectivity index (χ1) is 8.31. The zero-order valence-electron chi connectivity index (χ0n) is 11.1. The highest BCUT2D eigenvalue weighted by Gasteiger charge is 2.21. The number of nitrogens with zero attached hydrogens (tertiary/aromatic N) is 2. The molecule has 0 radical (unpaired) electrons. The number of rotatable bonds is 2. The van der Waals surface area contributed by atoms with Crippen molar-refractivity contribution < 1.29 is 0 Å². The van der Waals surface area contributed by atoms with Crippen molar-refractivity contribution in [2.75, 3.05) is 20.1 Å². The van der Waals surface area contributed by atoms with Gasteiger partial charge in [-0.25, -0.2) is 0 Å². The molecule has 0 unspecified atom stereocenters. The molecule has 0 spiro atoms. The zero-order valence-corrected chi connectivity index (χ0v) is 12.8. The molecule has 106 valence electrons. The number of benzene rings is 1. The monoisotopic (exact) mass is 301 g/mol. The molecule has 0 atom stereocenters. The third kappa shape index (κ3) is 2.75. The lowest BCUT2D eigenvalue weighted by molar-refractivity contribution is 0.309. The third-order valence-electron chi connectivity index (χ3n) is 3.71. The second kappa shape index (κ2) is 6.62. The molecule has 1 aliphatic heterocycles. The Balaban J connectivity index is 0.000000902. The standard InChI is InChI=1S/C14H19N3.2ClH/c1-16-8-6-14-12(10-16)11-4-2-3-5-13(11)17(14)9-7-15;;/h2-5H,6-10,15H2,1H3;2*1H. The van der Waals surface area contributed by atoms with E-state index in [0.29, 0.717) is 6.54 Å². The van der Waals surface area contributed by atoms with Crippen LogP contribution >= 0.6 is 24.8 Å². The molecule has 0 fully saturated rings. The number of hydrogen-bond acceptors (Lipinski definition) is 2. The summed E-state index contributed by atoms with van der Waals surface area (Å²) in [4.78, 5) is 2.39. The van der Waals surface area contributed by atoms with Gasteiger partial charge in [-0.1, -0.05) is 18.2 Å². The van der Waals surface area contributed by atoms with Crippen molar-refractivity contribution >= 4 is 35.7 Å². The van der Waals surface area contributed by atoms with Crippen LogP contribution in [-0.4, -0.2) is 29.6 Å². The first-order valence-corrected chi connectivity index (χ1v) is 6.29. The lowest BCUT2D eigenvalue weighted by atomic mass is 10.1. The predicted octanol–water partition coefficient (Wildman–Crippen LogP) is 2.43. The van der Waals surface area contributed by atoms with Crippen molar-refractivity contribution in [1.29, 1.82) is 0 Å². The summed E-state index contributed by atoms with van der Waals surface area (Å²) in [6.45, 7) is 3.85. The van der Waals surface area contributed by atoms with Crippen LogP contribution in [0.25, 0.3) is 10.9 Å². The Morgan fingerprint density at radius 2 is 1.95 bits per heavy atom. The van der Waals surface area contributed by atoms with Gasteiger partial charge >= 0.3 is 0 Å². The minimum Gasteiger partial charge on any atom is -0.343 e. The molecule has 3 nitrogen and oxygen atoms in total. The average Bonchev–Trinajstić information content (AvgIpc) is 2.65. The van der Waals surface area contributed by atoms with Gasteiger partial charge in [0, 0.05) is 49.2 Å². The summed E-state index contributed by atoms with van der Waals surface area (Å²) in [6, 6.07) is 8.69. The molecule has 0 saturated carbocycles. The fourth-order valence-corrected chi connectivity index (χ4v) is 2.92. The number of hydrogen-bond donors (Lipinski definition) is 1. The summed E-state index contributed by atoms with van der Waals surface area (Å²) >= 11 is 0. The number of nitrogens with two attached hydrogens (primary N) is 1. The molecular formula is C14H21Cl2N3. The van der Waals surface area contributed by atoms with Crippen LogP contribution in [-0.2, 0) is 19.5 Å². The normalized spacial score (nSPS) is 14.6. The van der Waals surface area contributed by atoms with Gasteiger partial charge in [-0.2, -0.15) is 0 Å². The second-order valence-electron chi connectivity index (χ2n) is 4.87. The van der Waals surface area contributed by atoms with Gasteiger partial charge in [0.05, 0.1) is 0 Å². The third-order valence-corrected chi connectivity index (χ3v) is 3.71. The Morgan fingerprint density at radius 3 is 2.68 bits per heavy atom. The van der Waals surface area contributed by atoms with E-state index >= 15 is 0 Å². The molecule has 2 aromatic rings. The maximum atomic E-state index is 5.74. The molecule has 1 aromatic heterocycles. The molecule has 2 heterocycles. The smallest absolute Gasteiger partial charge is 0.0486 e. The van der Waals surface area contributed by atoms with E-state index < -0.39 is 0 Å². The first kappa shape index (κ1) is 16.3. The first-order valence-electron chi connectivity index (χ1n) is 6.29. The van der Waals surface area contributed by atoms with Crippen LogP contribution in [0.2, 0.25) is 0 Å². The minimum absolute atomic E-state index is 0. The lowest BCUT2D eigenvalue weighted by Gasteiger charge is -2.24. The maximum absolute atomic E-state index is 5.74. The van der Waals surface area contributed by atoms with Crippen molar-refractivity contribution in [3.8, 4) is 0 Å². The summed E-state index contributed by atoms with van der Waals surface area (Å²) < 4.78 is 2.41. The minimum atomic E-state index is 0. The lowest BCUT2D eigenvalue weighted by Crippen LogP contribution is -2.27. The molecule has 2 N–H and O–H groups in total. The molecule has 1 aromatic carbocycles. The highest BCUT2D eigenvalue weighted by atomic mass is 35.5. The van der Waals surface area contributed by atoms with E-state index in [0.717, 1.165) is 26.1 Å². The van der Waals surface area contributed by atoms with E-state index in [2.05, 4.69) is 40.8 Å². The predicted molar refractivity (Wildman–Crippen MR) is 85.5 cm³/mol. The Bertz CT molecular complexity index is 518. The van der Waals surface area contributed by atoms with Crippen molar-refractivity contribution in [3.63, 3.8) is 0 Å². The number of likely N-dealkylation sites (N-methyl/N-ethyl adjacent to an activating group) is 1. The van der Waals surface area contributed by atoms with Gasteiger partial charge in [0.2, 0.25) is 0 Å². The Morgan fingerprint density at radius 1 is 1.21 bits per heavy atom. The van der Waals surface area contributed by atoms with E-state index in [4.69, 9.17) is 5.73 Å². The quantitative estimate of drug-likeness (QED) is 0.924. The van der Waals surface area contributed by atoms with Gasteiger partial charge < -0.3 is 15.2 Å². The SMILES string of the molecule is CN1CCc2c(c3ccccc3n2CCN)C1.Cl.Cl. The fourth-order valence-electron chi connectivity index (χ4n) is 2.92. The fraction of sp³-hybridized carbons (Fsp3) is 0.429. The van der Waals surface area contributed by atoms with Gasteiger partial charge in [0.1, 0.15) is 0 Å². The van der Waals surface area contributed by atoms with Gasteiger partial charge in [0.25, 0.3) is 0 Å². The van der Waals surface area contributed by atoms with Crippen LogP contribution in [0.1, 0.15) is 11.3 Å². The van der Waals surface area contributed by atoms with Gasteiger partial charge in [-0.05, 0) is 18.7 Å². The number of aromatic nitrogens is 1.